The molecule has 0 aliphatic carbocycles. The van der Waals surface area contributed by atoms with E-state index in [0.717, 1.165) is 11.9 Å². The third-order valence-corrected chi connectivity index (χ3v) is 2.11. The minimum atomic E-state index is 0.662. The Morgan fingerprint density at radius 1 is 1.54 bits per heavy atom. The van der Waals surface area contributed by atoms with Gasteiger partial charge in [-0.3, -0.25) is 0 Å². The van der Waals surface area contributed by atoms with Crippen LogP contribution in [0.4, 0.5) is 5.82 Å². The van der Waals surface area contributed by atoms with E-state index in [2.05, 4.69) is 10.5 Å². The van der Waals surface area contributed by atoms with Crippen molar-refractivity contribution in [3.63, 3.8) is 0 Å². The molecule has 2 rings (SSSR count). The van der Waals surface area contributed by atoms with Gasteiger partial charge in [0.1, 0.15) is 0 Å². The van der Waals surface area contributed by atoms with Gasteiger partial charge in [-0.15, -0.1) is 0 Å². The van der Waals surface area contributed by atoms with Crippen LogP contribution in [0.25, 0.3) is 11.0 Å². The van der Waals surface area contributed by atoms with Crippen molar-refractivity contribution in [2.75, 3.05) is 11.9 Å². The summed E-state index contributed by atoms with van der Waals surface area (Å²) >= 11 is 6.00. The molecule has 0 radical (unpaired) electrons. The van der Waals surface area contributed by atoms with Gasteiger partial charge >= 0.3 is 0 Å². The topological polar surface area (TPSA) is 38.1 Å². The number of rotatable bonds is 2. The second-order valence-corrected chi connectivity index (χ2v) is 3.08. The zero-order valence-electron chi connectivity index (χ0n) is 7.17. The highest BCUT2D eigenvalue weighted by atomic mass is 35.5. The SMILES string of the molecule is CCNc1noc2cccc(Cl)c12. The van der Waals surface area contributed by atoms with Crippen LogP contribution >= 0.6 is 11.6 Å². The monoisotopic (exact) mass is 196 g/mol. The van der Waals surface area contributed by atoms with Crippen LogP contribution in [0.3, 0.4) is 0 Å². The lowest BCUT2D eigenvalue weighted by atomic mass is 10.2. The number of aromatic nitrogens is 1. The van der Waals surface area contributed by atoms with Crippen LogP contribution < -0.4 is 5.32 Å². The molecule has 1 heterocycles. The number of fused-ring (bicyclic) bond motifs is 1. The molecule has 0 aliphatic heterocycles. The van der Waals surface area contributed by atoms with Gasteiger partial charge in [0.05, 0.1) is 10.4 Å². The maximum absolute atomic E-state index is 6.00. The Bertz CT molecular complexity index is 424. The van der Waals surface area contributed by atoms with E-state index < -0.39 is 0 Å². The van der Waals surface area contributed by atoms with Gasteiger partial charge in [-0.25, -0.2) is 0 Å². The fraction of sp³-hybridized carbons (Fsp3) is 0.222. The highest BCUT2D eigenvalue weighted by molar-refractivity contribution is 6.36. The molecule has 0 saturated heterocycles. The van der Waals surface area contributed by atoms with Crippen molar-refractivity contribution < 1.29 is 4.52 Å². The Morgan fingerprint density at radius 2 is 2.38 bits per heavy atom. The number of halogens is 1. The lowest BCUT2D eigenvalue weighted by molar-refractivity contribution is 0.459. The fourth-order valence-electron chi connectivity index (χ4n) is 1.24. The van der Waals surface area contributed by atoms with Crippen molar-refractivity contribution in [3.8, 4) is 0 Å². The van der Waals surface area contributed by atoms with E-state index in [1.165, 1.54) is 0 Å². The second-order valence-electron chi connectivity index (χ2n) is 2.67. The second kappa shape index (κ2) is 3.26. The Balaban J connectivity index is 2.64. The summed E-state index contributed by atoms with van der Waals surface area (Å²) in [7, 11) is 0. The first-order valence-electron chi connectivity index (χ1n) is 4.10. The highest BCUT2D eigenvalue weighted by Crippen LogP contribution is 2.29. The van der Waals surface area contributed by atoms with E-state index in [-0.39, 0.29) is 0 Å². The van der Waals surface area contributed by atoms with Crippen LogP contribution in [0.2, 0.25) is 5.02 Å². The van der Waals surface area contributed by atoms with Crippen molar-refractivity contribution in [1.29, 1.82) is 0 Å². The van der Waals surface area contributed by atoms with Crippen molar-refractivity contribution in [3.05, 3.63) is 23.2 Å². The van der Waals surface area contributed by atoms with Crippen LogP contribution in [0.15, 0.2) is 22.7 Å². The molecule has 0 atom stereocenters. The van der Waals surface area contributed by atoms with Gasteiger partial charge in [0, 0.05) is 6.54 Å². The molecule has 0 unspecified atom stereocenters. The molecule has 68 valence electrons. The minimum absolute atomic E-state index is 0.662. The van der Waals surface area contributed by atoms with E-state index in [9.17, 15) is 0 Å². The van der Waals surface area contributed by atoms with Crippen molar-refractivity contribution >= 4 is 28.4 Å². The van der Waals surface area contributed by atoms with Gasteiger partial charge in [0.2, 0.25) is 0 Å². The molecule has 0 fully saturated rings. The number of hydrogen-bond donors (Lipinski definition) is 1. The smallest absolute Gasteiger partial charge is 0.178 e. The number of nitrogens with zero attached hydrogens (tertiary/aromatic N) is 1. The predicted octanol–water partition coefficient (Wildman–Crippen LogP) is 2.91. The van der Waals surface area contributed by atoms with Crippen molar-refractivity contribution in [1.82, 2.24) is 5.16 Å². The summed E-state index contributed by atoms with van der Waals surface area (Å²) in [4.78, 5) is 0. The third-order valence-electron chi connectivity index (χ3n) is 1.79. The van der Waals surface area contributed by atoms with Crippen LogP contribution in [-0.2, 0) is 0 Å². The number of nitrogens with one attached hydrogen (secondary N) is 1. The van der Waals surface area contributed by atoms with Gasteiger partial charge in [-0.2, -0.15) is 0 Å². The van der Waals surface area contributed by atoms with Crippen LogP contribution in [0, 0.1) is 0 Å². The standard InChI is InChI=1S/C9H9ClN2O/c1-2-11-9-8-6(10)4-3-5-7(8)13-12-9/h3-5H,2H2,1H3,(H,11,12). The summed E-state index contributed by atoms with van der Waals surface area (Å²) in [5, 5.41) is 8.47. The molecular weight excluding hydrogens is 188 g/mol. The molecular formula is C9H9ClN2O. The van der Waals surface area contributed by atoms with Gasteiger partial charge in [0.25, 0.3) is 0 Å². The Morgan fingerprint density at radius 3 is 3.15 bits per heavy atom. The minimum Gasteiger partial charge on any atom is -0.367 e. The number of anilines is 1. The van der Waals surface area contributed by atoms with Gasteiger partial charge < -0.3 is 9.84 Å². The summed E-state index contributed by atoms with van der Waals surface area (Å²) in [5.41, 5.74) is 0.712. The molecule has 1 aromatic heterocycles. The summed E-state index contributed by atoms with van der Waals surface area (Å²) in [6.07, 6.45) is 0. The van der Waals surface area contributed by atoms with Crippen LogP contribution in [0.5, 0.6) is 0 Å². The zero-order valence-corrected chi connectivity index (χ0v) is 7.93. The Labute approximate surface area is 80.7 Å². The lowest BCUT2D eigenvalue weighted by Crippen LogP contribution is -1.96. The predicted molar refractivity (Wildman–Crippen MR) is 53.2 cm³/mol. The van der Waals surface area contributed by atoms with Gasteiger partial charge in [-0.05, 0) is 19.1 Å². The molecule has 3 nitrogen and oxygen atoms in total. The molecule has 0 amide bonds. The maximum Gasteiger partial charge on any atom is 0.178 e. The van der Waals surface area contributed by atoms with E-state index in [1.807, 2.05) is 25.1 Å². The van der Waals surface area contributed by atoms with Gasteiger partial charge in [0.15, 0.2) is 11.4 Å². The quantitative estimate of drug-likeness (QED) is 0.803. The zero-order chi connectivity index (χ0) is 9.26. The third kappa shape index (κ3) is 1.35. The summed E-state index contributed by atoms with van der Waals surface area (Å²) in [5.74, 6) is 0.711. The largest absolute Gasteiger partial charge is 0.367 e. The van der Waals surface area contributed by atoms with E-state index in [1.54, 1.807) is 0 Å². The molecule has 13 heavy (non-hydrogen) atoms. The average Bonchev–Trinajstić information content (AvgIpc) is 2.51. The first-order chi connectivity index (χ1) is 6.33. The van der Waals surface area contributed by atoms with Crippen molar-refractivity contribution in [2.24, 2.45) is 0 Å². The maximum atomic E-state index is 6.00. The number of benzene rings is 1. The molecule has 0 spiro atoms. The first kappa shape index (κ1) is 8.38. The Hall–Kier alpha value is -1.22. The molecule has 0 bridgehead atoms. The summed E-state index contributed by atoms with van der Waals surface area (Å²) in [6.45, 7) is 2.80. The summed E-state index contributed by atoms with van der Waals surface area (Å²) < 4.78 is 5.09. The van der Waals surface area contributed by atoms with Gasteiger partial charge in [-0.1, -0.05) is 22.8 Å². The normalized spacial score (nSPS) is 10.6. The van der Waals surface area contributed by atoms with E-state index >= 15 is 0 Å². The molecule has 0 saturated carbocycles. The van der Waals surface area contributed by atoms with E-state index in [0.29, 0.717) is 16.4 Å². The van der Waals surface area contributed by atoms with Crippen molar-refractivity contribution in [2.45, 2.75) is 6.92 Å². The highest BCUT2D eigenvalue weighted by Gasteiger charge is 2.09. The molecule has 1 N–H and O–H groups in total. The fourth-order valence-corrected chi connectivity index (χ4v) is 1.49. The van der Waals surface area contributed by atoms with E-state index in [4.69, 9.17) is 16.1 Å². The number of hydrogen-bond acceptors (Lipinski definition) is 3. The summed E-state index contributed by atoms with van der Waals surface area (Å²) in [6, 6.07) is 5.50. The van der Waals surface area contributed by atoms with Crippen LogP contribution in [0.1, 0.15) is 6.92 Å². The molecule has 2 aromatic rings. The molecule has 0 aliphatic rings. The Kier molecular flexibility index (Phi) is 2.10. The molecule has 4 heteroatoms. The first-order valence-corrected chi connectivity index (χ1v) is 4.48. The average molecular weight is 197 g/mol. The van der Waals surface area contributed by atoms with Crippen LogP contribution in [-0.4, -0.2) is 11.7 Å². The lowest BCUT2D eigenvalue weighted by Gasteiger charge is -1.97. The molecule has 1 aromatic carbocycles.